The molecule has 26 heavy (non-hydrogen) atoms. The van der Waals surface area contributed by atoms with Gasteiger partial charge in [-0.25, -0.2) is 0 Å². The molecule has 0 saturated carbocycles. The number of unbranched alkanes of at least 4 members (excludes halogenated alkanes) is 4. The molecule has 0 aromatic heterocycles. The molecule has 0 heterocycles. The van der Waals surface area contributed by atoms with Crippen LogP contribution in [0.25, 0.3) is 0 Å². The van der Waals surface area contributed by atoms with Crippen molar-refractivity contribution in [1.29, 1.82) is 0 Å². The Morgan fingerprint density at radius 1 is 0.846 bits per heavy atom. The van der Waals surface area contributed by atoms with E-state index in [9.17, 15) is 4.79 Å². The average molecular weight is 473 g/mol. The summed E-state index contributed by atoms with van der Waals surface area (Å²) in [7, 11) is 0. The van der Waals surface area contributed by atoms with Crippen LogP contribution in [0, 0.1) is 0 Å². The van der Waals surface area contributed by atoms with Crippen molar-refractivity contribution in [2.24, 2.45) is 0 Å². The Labute approximate surface area is 174 Å². The average Bonchev–Trinajstić information content (AvgIpc) is 2.64. The van der Waals surface area contributed by atoms with E-state index in [-0.39, 0.29) is 5.91 Å². The molecule has 0 fully saturated rings. The van der Waals surface area contributed by atoms with Crippen LogP contribution in [0.1, 0.15) is 71.1 Å². The van der Waals surface area contributed by atoms with E-state index in [1.807, 2.05) is 23.0 Å². The van der Waals surface area contributed by atoms with Crippen molar-refractivity contribution in [2.75, 3.05) is 13.2 Å². The fourth-order valence-electron chi connectivity index (χ4n) is 2.26. The first-order valence-corrected chi connectivity index (χ1v) is 10.8. The van der Waals surface area contributed by atoms with E-state index in [4.69, 9.17) is 3.07 Å². The van der Waals surface area contributed by atoms with Crippen LogP contribution in [0.3, 0.4) is 0 Å². The Morgan fingerprint density at radius 3 is 1.92 bits per heavy atom. The summed E-state index contributed by atoms with van der Waals surface area (Å²) >= 11 is 1.83. The zero-order valence-electron chi connectivity index (χ0n) is 16.3. The summed E-state index contributed by atoms with van der Waals surface area (Å²) in [5, 5.41) is 2.82. The van der Waals surface area contributed by atoms with Crippen molar-refractivity contribution in [2.45, 2.75) is 71.1 Å². The van der Waals surface area contributed by atoms with E-state index in [0.29, 0.717) is 19.6 Å². The fraction of sp³-hybridized carbons (Fsp3) is 0.591. The van der Waals surface area contributed by atoms with Gasteiger partial charge in [0.2, 0.25) is 5.91 Å². The van der Waals surface area contributed by atoms with Crippen molar-refractivity contribution in [3.63, 3.8) is 0 Å². The third-order valence-corrected chi connectivity index (χ3v) is 4.17. The molecular weight excluding hydrogens is 437 g/mol. The van der Waals surface area contributed by atoms with E-state index in [2.05, 4.69) is 60.8 Å². The van der Waals surface area contributed by atoms with E-state index in [0.717, 1.165) is 32.1 Å². The number of carbonyl (C=O) groups is 1. The zero-order chi connectivity index (χ0) is 19.1. The van der Waals surface area contributed by atoms with Crippen LogP contribution in [0.2, 0.25) is 0 Å². The predicted molar refractivity (Wildman–Crippen MR) is 121 cm³/mol. The SMILES string of the molecule is CCCCC/C=C\C/C=C\C/C=C\C/C=C\CCCC(=O)NCCOI. The normalized spacial score (nSPS) is 12.2. The van der Waals surface area contributed by atoms with Gasteiger partial charge in [-0.1, -0.05) is 68.4 Å². The van der Waals surface area contributed by atoms with Crippen LogP contribution in [-0.2, 0) is 7.86 Å². The lowest BCUT2D eigenvalue weighted by atomic mass is 10.2. The van der Waals surface area contributed by atoms with Crippen LogP contribution in [-0.4, -0.2) is 19.1 Å². The number of hydrogen-bond acceptors (Lipinski definition) is 2. The molecule has 0 unspecified atom stereocenters. The standard InChI is InChI=1S/C22H36INO2/c1-2-3-4-5-6-7-8-9-10-11-12-13-14-15-16-17-18-19-22(25)24-20-21-26-23/h6-7,9-10,12-13,15-16H,2-5,8,11,14,17-21H2,1H3,(H,24,25)/b7-6-,10-9-,13-12-,16-15-. The van der Waals surface area contributed by atoms with Gasteiger partial charge in [-0.05, 0) is 44.9 Å². The summed E-state index contributed by atoms with van der Waals surface area (Å²) in [6, 6.07) is 0. The smallest absolute Gasteiger partial charge is 0.220 e. The molecule has 0 aromatic carbocycles. The summed E-state index contributed by atoms with van der Waals surface area (Å²) in [5.74, 6) is 0.106. The maximum absolute atomic E-state index is 11.5. The molecule has 148 valence electrons. The van der Waals surface area contributed by atoms with E-state index < -0.39 is 0 Å². The number of halogens is 1. The summed E-state index contributed by atoms with van der Waals surface area (Å²) in [6.45, 7) is 3.39. The minimum atomic E-state index is 0.106. The van der Waals surface area contributed by atoms with E-state index in [1.165, 1.54) is 25.7 Å². The number of amides is 1. The molecular formula is C22H36INO2. The van der Waals surface area contributed by atoms with Gasteiger partial charge in [-0.15, -0.1) is 0 Å². The molecule has 4 heteroatoms. The maximum atomic E-state index is 11.5. The number of rotatable bonds is 17. The molecule has 0 aliphatic heterocycles. The van der Waals surface area contributed by atoms with Crippen molar-refractivity contribution in [1.82, 2.24) is 5.32 Å². The number of allylic oxidation sites excluding steroid dienone is 8. The van der Waals surface area contributed by atoms with Crippen LogP contribution in [0.15, 0.2) is 48.6 Å². The van der Waals surface area contributed by atoms with Gasteiger partial charge < -0.3 is 8.38 Å². The Hall–Kier alpha value is -0.880. The minimum Gasteiger partial charge on any atom is -0.354 e. The van der Waals surface area contributed by atoms with Gasteiger partial charge in [0, 0.05) is 13.0 Å². The number of hydrogen-bond donors (Lipinski definition) is 1. The minimum absolute atomic E-state index is 0.106. The maximum Gasteiger partial charge on any atom is 0.220 e. The summed E-state index contributed by atoms with van der Waals surface area (Å²) in [6.07, 6.45) is 28.3. The monoisotopic (exact) mass is 473 g/mol. The highest BCUT2D eigenvalue weighted by Gasteiger charge is 1.98. The van der Waals surface area contributed by atoms with Gasteiger partial charge in [-0.3, -0.25) is 4.79 Å². The highest BCUT2D eigenvalue weighted by atomic mass is 127. The lowest BCUT2D eigenvalue weighted by molar-refractivity contribution is -0.121. The summed E-state index contributed by atoms with van der Waals surface area (Å²) < 4.78 is 4.86. The Bertz CT molecular complexity index is 428. The molecule has 0 atom stereocenters. The summed E-state index contributed by atoms with van der Waals surface area (Å²) in [5.41, 5.74) is 0. The first-order chi connectivity index (χ1) is 12.8. The largest absolute Gasteiger partial charge is 0.354 e. The van der Waals surface area contributed by atoms with Crippen LogP contribution in [0.5, 0.6) is 0 Å². The van der Waals surface area contributed by atoms with E-state index >= 15 is 0 Å². The Balaban J connectivity index is 3.44. The van der Waals surface area contributed by atoms with Gasteiger partial charge in [0.1, 0.15) is 23.0 Å². The second kappa shape index (κ2) is 22.2. The van der Waals surface area contributed by atoms with Crippen molar-refractivity contribution >= 4 is 28.9 Å². The molecule has 0 spiro atoms. The van der Waals surface area contributed by atoms with Gasteiger partial charge in [-0.2, -0.15) is 0 Å². The molecule has 0 radical (unpaired) electrons. The van der Waals surface area contributed by atoms with Gasteiger partial charge in [0.05, 0.1) is 6.61 Å². The molecule has 0 rings (SSSR count). The molecule has 1 N–H and O–H groups in total. The fourth-order valence-corrected chi connectivity index (χ4v) is 2.48. The topological polar surface area (TPSA) is 38.3 Å². The molecule has 0 aliphatic rings. The Kier molecular flexibility index (Phi) is 21.4. The van der Waals surface area contributed by atoms with E-state index in [1.54, 1.807) is 0 Å². The van der Waals surface area contributed by atoms with Crippen molar-refractivity contribution < 1.29 is 7.86 Å². The Morgan fingerprint density at radius 2 is 1.38 bits per heavy atom. The van der Waals surface area contributed by atoms with Crippen LogP contribution >= 0.6 is 23.0 Å². The second-order valence-corrected chi connectivity index (χ2v) is 6.77. The van der Waals surface area contributed by atoms with Crippen molar-refractivity contribution in [3.05, 3.63) is 48.6 Å². The quantitative estimate of drug-likeness (QED) is 0.147. The highest BCUT2D eigenvalue weighted by molar-refractivity contribution is 14.1. The first-order valence-electron chi connectivity index (χ1n) is 9.91. The molecule has 0 aliphatic carbocycles. The lowest BCUT2D eigenvalue weighted by Gasteiger charge is -2.02. The zero-order valence-corrected chi connectivity index (χ0v) is 18.5. The second-order valence-electron chi connectivity index (χ2n) is 6.14. The van der Waals surface area contributed by atoms with Crippen molar-refractivity contribution in [3.8, 4) is 0 Å². The first kappa shape index (κ1) is 25.1. The predicted octanol–water partition coefficient (Wildman–Crippen LogP) is 6.61. The third-order valence-electron chi connectivity index (χ3n) is 3.73. The van der Waals surface area contributed by atoms with Crippen LogP contribution < -0.4 is 5.32 Å². The number of carbonyl (C=O) groups excluding carboxylic acids is 1. The summed E-state index contributed by atoms with van der Waals surface area (Å²) in [4.78, 5) is 11.5. The number of nitrogens with one attached hydrogen (secondary N) is 1. The molecule has 3 nitrogen and oxygen atoms in total. The molecule has 0 bridgehead atoms. The van der Waals surface area contributed by atoms with Gasteiger partial charge >= 0.3 is 0 Å². The molecule has 1 amide bonds. The lowest BCUT2D eigenvalue weighted by Crippen LogP contribution is -2.26. The van der Waals surface area contributed by atoms with Crippen LogP contribution in [0.4, 0.5) is 0 Å². The molecule has 0 aromatic rings. The molecule has 0 saturated heterocycles. The van der Waals surface area contributed by atoms with Gasteiger partial charge in [0.15, 0.2) is 0 Å². The highest BCUT2D eigenvalue weighted by Crippen LogP contribution is 2.01. The third kappa shape index (κ3) is 21.2. The van der Waals surface area contributed by atoms with Gasteiger partial charge in [0.25, 0.3) is 0 Å².